The number of ether oxygens (including phenoxy) is 1. The summed E-state index contributed by atoms with van der Waals surface area (Å²) >= 11 is 0. The van der Waals surface area contributed by atoms with E-state index < -0.39 is 10.0 Å². The first-order valence-electron chi connectivity index (χ1n) is 8.37. The number of rotatable bonds is 7. The van der Waals surface area contributed by atoms with Gasteiger partial charge in [-0.05, 0) is 68.3 Å². The van der Waals surface area contributed by atoms with Crippen molar-refractivity contribution in [1.82, 2.24) is 9.71 Å². The van der Waals surface area contributed by atoms with E-state index in [0.29, 0.717) is 17.7 Å². The molecule has 3 rings (SSSR count). The lowest BCUT2D eigenvalue weighted by Gasteiger charge is -2.11. The molecule has 1 aromatic heterocycles. The van der Waals surface area contributed by atoms with Gasteiger partial charge in [0, 0.05) is 23.6 Å². The van der Waals surface area contributed by atoms with Gasteiger partial charge in [0.2, 0.25) is 10.0 Å². The third kappa shape index (κ3) is 4.23. The molecule has 138 valence electrons. The van der Waals surface area contributed by atoms with Crippen LogP contribution in [0, 0.1) is 5.82 Å². The molecular weight excluding hydrogens is 355 g/mol. The molecule has 0 aliphatic heterocycles. The van der Waals surface area contributed by atoms with E-state index >= 15 is 0 Å². The molecule has 0 radical (unpaired) electrons. The second kappa shape index (κ2) is 7.47. The van der Waals surface area contributed by atoms with Gasteiger partial charge in [0.25, 0.3) is 0 Å². The van der Waals surface area contributed by atoms with Gasteiger partial charge in [0.1, 0.15) is 11.6 Å². The summed E-state index contributed by atoms with van der Waals surface area (Å²) < 4.78 is 46.1. The molecule has 0 saturated heterocycles. The summed E-state index contributed by atoms with van der Waals surface area (Å²) in [5, 5.41) is 0.890. The monoisotopic (exact) mass is 376 g/mol. The fourth-order valence-electron chi connectivity index (χ4n) is 2.74. The normalized spacial score (nSPS) is 12.0. The van der Waals surface area contributed by atoms with E-state index in [2.05, 4.69) is 9.71 Å². The molecule has 0 fully saturated rings. The molecule has 2 aromatic carbocycles. The molecule has 0 unspecified atom stereocenters. The fraction of sp³-hybridized carbons (Fsp3) is 0.263. The lowest BCUT2D eigenvalue weighted by molar-refractivity contribution is 0.242. The quantitative estimate of drug-likeness (QED) is 0.662. The van der Waals surface area contributed by atoms with Crippen molar-refractivity contribution < 1.29 is 17.5 Å². The van der Waals surface area contributed by atoms with Gasteiger partial charge in [-0.3, -0.25) is 0 Å². The number of aromatic nitrogens is 1. The molecule has 7 heteroatoms. The van der Waals surface area contributed by atoms with Crippen molar-refractivity contribution in [2.24, 2.45) is 0 Å². The molecule has 0 spiro atoms. The largest absolute Gasteiger partial charge is 0.491 e. The highest BCUT2D eigenvalue weighted by Crippen LogP contribution is 2.20. The highest BCUT2D eigenvalue weighted by molar-refractivity contribution is 7.89. The Morgan fingerprint density at radius 3 is 2.58 bits per heavy atom. The molecule has 5 nitrogen and oxygen atoms in total. The lowest BCUT2D eigenvalue weighted by atomic mass is 10.1. The van der Waals surface area contributed by atoms with Crippen LogP contribution in [0.2, 0.25) is 0 Å². The zero-order valence-electron chi connectivity index (χ0n) is 14.6. The Morgan fingerprint density at radius 2 is 1.88 bits per heavy atom. The van der Waals surface area contributed by atoms with Crippen molar-refractivity contribution in [3.63, 3.8) is 0 Å². The summed E-state index contributed by atoms with van der Waals surface area (Å²) in [6.45, 7) is 4.06. The van der Waals surface area contributed by atoms with E-state index in [1.807, 2.05) is 13.8 Å². The number of halogens is 1. The van der Waals surface area contributed by atoms with E-state index in [-0.39, 0.29) is 23.4 Å². The molecule has 0 amide bonds. The molecular formula is C19H21FN2O3S. The molecule has 0 aliphatic carbocycles. The van der Waals surface area contributed by atoms with Crippen LogP contribution in [0.25, 0.3) is 10.9 Å². The van der Waals surface area contributed by atoms with E-state index in [4.69, 9.17) is 4.74 Å². The van der Waals surface area contributed by atoms with Crippen molar-refractivity contribution in [2.45, 2.75) is 31.3 Å². The number of hydrogen-bond acceptors (Lipinski definition) is 3. The average Bonchev–Trinajstić information content (AvgIpc) is 2.97. The van der Waals surface area contributed by atoms with Crippen LogP contribution in [-0.4, -0.2) is 26.1 Å². The number of benzene rings is 2. The van der Waals surface area contributed by atoms with Crippen molar-refractivity contribution in [1.29, 1.82) is 0 Å². The standard InChI is InChI=1S/C19H21FN2O3S/c1-13(2)25-16-4-6-17(7-5-16)26(23,24)22-10-9-14-12-21-19-11-15(20)3-8-18(14)19/h3-8,11-13,21-22H,9-10H2,1-2H3. The van der Waals surface area contributed by atoms with Gasteiger partial charge in [-0.2, -0.15) is 0 Å². The summed E-state index contributed by atoms with van der Waals surface area (Å²) in [7, 11) is -3.59. The number of nitrogens with one attached hydrogen (secondary N) is 2. The van der Waals surface area contributed by atoms with Crippen molar-refractivity contribution >= 4 is 20.9 Å². The van der Waals surface area contributed by atoms with E-state index in [0.717, 1.165) is 10.9 Å². The Balaban J connectivity index is 1.64. The third-order valence-corrected chi connectivity index (χ3v) is 5.40. The molecule has 2 N–H and O–H groups in total. The highest BCUT2D eigenvalue weighted by atomic mass is 32.2. The Bertz CT molecular complexity index is 995. The minimum Gasteiger partial charge on any atom is -0.491 e. The van der Waals surface area contributed by atoms with Gasteiger partial charge in [-0.1, -0.05) is 0 Å². The van der Waals surface area contributed by atoms with Crippen molar-refractivity contribution in [3.05, 3.63) is 60.0 Å². The maximum Gasteiger partial charge on any atom is 0.240 e. The molecule has 0 bridgehead atoms. The summed E-state index contributed by atoms with van der Waals surface area (Å²) in [6.07, 6.45) is 2.30. The van der Waals surface area contributed by atoms with Crippen LogP contribution in [0.4, 0.5) is 4.39 Å². The maximum atomic E-state index is 13.2. The van der Waals surface area contributed by atoms with Crippen LogP contribution in [0.15, 0.2) is 53.6 Å². The Morgan fingerprint density at radius 1 is 1.15 bits per heavy atom. The smallest absolute Gasteiger partial charge is 0.240 e. The zero-order valence-corrected chi connectivity index (χ0v) is 15.4. The van der Waals surface area contributed by atoms with Crippen LogP contribution in [0.1, 0.15) is 19.4 Å². The summed E-state index contributed by atoms with van der Waals surface area (Å²) in [5.74, 6) is 0.321. The predicted octanol–water partition coefficient (Wildman–Crippen LogP) is 3.62. The maximum absolute atomic E-state index is 13.2. The van der Waals surface area contributed by atoms with Gasteiger partial charge < -0.3 is 9.72 Å². The summed E-state index contributed by atoms with van der Waals surface area (Å²) in [4.78, 5) is 3.19. The van der Waals surface area contributed by atoms with Gasteiger partial charge in [-0.15, -0.1) is 0 Å². The van der Waals surface area contributed by atoms with Gasteiger partial charge in [0.05, 0.1) is 11.0 Å². The van der Waals surface area contributed by atoms with Gasteiger partial charge >= 0.3 is 0 Å². The highest BCUT2D eigenvalue weighted by Gasteiger charge is 2.14. The first kappa shape index (κ1) is 18.4. The van der Waals surface area contributed by atoms with Crippen molar-refractivity contribution in [2.75, 3.05) is 6.54 Å². The SMILES string of the molecule is CC(C)Oc1ccc(S(=O)(=O)NCCc2c[nH]c3cc(F)ccc23)cc1. The topological polar surface area (TPSA) is 71.2 Å². The van der Waals surface area contributed by atoms with E-state index in [1.54, 1.807) is 24.4 Å². The number of sulfonamides is 1. The first-order chi connectivity index (χ1) is 12.3. The average molecular weight is 376 g/mol. The van der Waals surface area contributed by atoms with Crippen LogP contribution >= 0.6 is 0 Å². The molecule has 3 aromatic rings. The second-order valence-corrected chi connectivity index (χ2v) is 8.06. The molecule has 0 atom stereocenters. The molecule has 0 saturated carbocycles. The Kier molecular flexibility index (Phi) is 5.29. The summed E-state index contributed by atoms with van der Waals surface area (Å²) in [5.41, 5.74) is 1.63. The number of fused-ring (bicyclic) bond motifs is 1. The number of aromatic amines is 1. The van der Waals surface area contributed by atoms with E-state index in [9.17, 15) is 12.8 Å². The molecule has 0 aliphatic rings. The minimum atomic E-state index is -3.59. The predicted molar refractivity (Wildman–Crippen MR) is 99.4 cm³/mol. The van der Waals surface area contributed by atoms with Gasteiger partial charge in [-0.25, -0.2) is 17.5 Å². The molecule has 1 heterocycles. The fourth-order valence-corrected chi connectivity index (χ4v) is 3.77. The minimum absolute atomic E-state index is 0.0280. The molecule has 26 heavy (non-hydrogen) atoms. The lowest BCUT2D eigenvalue weighted by Crippen LogP contribution is -2.25. The number of hydrogen-bond donors (Lipinski definition) is 2. The zero-order chi connectivity index (χ0) is 18.7. The van der Waals surface area contributed by atoms with Crippen molar-refractivity contribution in [3.8, 4) is 5.75 Å². The van der Waals surface area contributed by atoms with Gasteiger partial charge in [0.15, 0.2) is 0 Å². The van der Waals surface area contributed by atoms with Crippen LogP contribution in [0.5, 0.6) is 5.75 Å². The third-order valence-electron chi connectivity index (χ3n) is 3.92. The van der Waals surface area contributed by atoms with Crippen LogP contribution in [0.3, 0.4) is 0 Å². The Labute approximate surface area is 152 Å². The number of H-pyrrole nitrogens is 1. The van der Waals surface area contributed by atoms with Crippen LogP contribution in [-0.2, 0) is 16.4 Å². The first-order valence-corrected chi connectivity index (χ1v) is 9.85. The van der Waals surface area contributed by atoms with E-state index in [1.165, 1.54) is 24.3 Å². The van der Waals surface area contributed by atoms with Crippen LogP contribution < -0.4 is 9.46 Å². The second-order valence-electron chi connectivity index (χ2n) is 6.29. The summed E-state index contributed by atoms with van der Waals surface area (Å²) in [6, 6.07) is 10.8. The Hall–Kier alpha value is -2.38.